The Bertz CT molecular complexity index is 667. The normalized spacial score (nSPS) is 21.6. The number of hydrogen-bond acceptors (Lipinski definition) is 6. The highest BCUT2D eigenvalue weighted by atomic mass is 16.5. The first-order valence-corrected chi connectivity index (χ1v) is 7.14. The summed E-state index contributed by atoms with van der Waals surface area (Å²) in [6.45, 7) is 2.42. The number of nitriles is 1. The summed E-state index contributed by atoms with van der Waals surface area (Å²) in [7, 11) is 0. The molecule has 0 saturated carbocycles. The molecule has 0 bridgehead atoms. The molecule has 0 spiro atoms. The third kappa shape index (κ3) is 2.93. The van der Waals surface area contributed by atoms with E-state index in [-0.39, 0.29) is 0 Å². The van der Waals surface area contributed by atoms with Gasteiger partial charge in [0.25, 0.3) is 0 Å². The van der Waals surface area contributed by atoms with Gasteiger partial charge in [-0.1, -0.05) is 12.1 Å². The van der Waals surface area contributed by atoms with Crippen molar-refractivity contribution in [2.45, 2.75) is 12.0 Å². The molecule has 22 heavy (non-hydrogen) atoms. The maximum atomic E-state index is 10.6. The number of para-hydroxylation sites is 1. The van der Waals surface area contributed by atoms with Gasteiger partial charge < -0.3 is 9.84 Å². The molecule has 1 aliphatic rings. The molecule has 1 aromatic carbocycles. The van der Waals surface area contributed by atoms with Gasteiger partial charge in [0.05, 0.1) is 11.8 Å². The van der Waals surface area contributed by atoms with Crippen LogP contribution in [-0.4, -0.2) is 51.7 Å². The summed E-state index contributed by atoms with van der Waals surface area (Å²) in [5, 5.41) is 29.8. The fraction of sp³-hybridized carbons (Fsp3) is 0.400. The SMILES string of the molecule is N#Cc1ccccc1OCCN1CCC(O)(c2cn[nH]n2)C1. The Balaban J connectivity index is 1.52. The van der Waals surface area contributed by atoms with Crippen molar-refractivity contribution >= 4 is 0 Å². The van der Waals surface area contributed by atoms with Crippen molar-refractivity contribution in [1.29, 1.82) is 5.26 Å². The third-order valence-corrected chi connectivity index (χ3v) is 3.89. The number of aliphatic hydroxyl groups is 1. The minimum Gasteiger partial charge on any atom is -0.491 e. The van der Waals surface area contributed by atoms with Crippen LogP contribution < -0.4 is 4.74 Å². The van der Waals surface area contributed by atoms with Crippen LogP contribution in [-0.2, 0) is 5.60 Å². The fourth-order valence-corrected chi connectivity index (χ4v) is 2.67. The highest BCUT2D eigenvalue weighted by molar-refractivity contribution is 5.42. The lowest BCUT2D eigenvalue weighted by Crippen LogP contribution is -2.33. The Kier molecular flexibility index (Phi) is 4.04. The molecule has 7 nitrogen and oxygen atoms in total. The van der Waals surface area contributed by atoms with E-state index in [4.69, 9.17) is 10.00 Å². The Morgan fingerprint density at radius 1 is 1.45 bits per heavy atom. The molecule has 114 valence electrons. The Hall–Kier alpha value is -2.43. The lowest BCUT2D eigenvalue weighted by molar-refractivity contribution is 0.0403. The second-order valence-corrected chi connectivity index (χ2v) is 5.37. The number of nitrogens with one attached hydrogen (secondary N) is 1. The topological polar surface area (TPSA) is 98.1 Å². The van der Waals surface area contributed by atoms with Crippen molar-refractivity contribution in [2.75, 3.05) is 26.2 Å². The highest BCUT2D eigenvalue weighted by Gasteiger charge is 2.39. The van der Waals surface area contributed by atoms with Crippen LogP contribution in [0.25, 0.3) is 0 Å². The average Bonchev–Trinajstić information content (AvgIpc) is 3.19. The average molecular weight is 299 g/mol. The van der Waals surface area contributed by atoms with Gasteiger partial charge in [0, 0.05) is 19.6 Å². The van der Waals surface area contributed by atoms with E-state index >= 15 is 0 Å². The van der Waals surface area contributed by atoms with Gasteiger partial charge >= 0.3 is 0 Å². The summed E-state index contributed by atoms with van der Waals surface area (Å²) >= 11 is 0. The second-order valence-electron chi connectivity index (χ2n) is 5.37. The minimum atomic E-state index is -0.947. The third-order valence-electron chi connectivity index (χ3n) is 3.89. The van der Waals surface area contributed by atoms with Crippen molar-refractivity contribution in [3.05, 3.63) is 41.7 Å². The van der Waals surface area contributed by atoms with E-state index in [0.29, 0.717) is 43.1 Å². The van der Waals surface area contributed by atoms with Gasteiger partial charge in [-0.15, -0.1) is 0 Å². The molecular weight excluding hydrogens is 282 g/mol. The van der Waals surface area contributed by atoms with Gasteiger partial charge in [0.2, 0.25) is 0 Å². The number of hydrogen-bond donors (Lipinski definition) is 2. The van der Waals surface area contributed by atoms with E-state index < -0.39 is 5.60 Å². The maximum absolute atomic E-state index is 10.6. The molecule has 2 N–H and O–H groups in total. The molecule has 0 radical (unpaired) electrons. The van der Waals surface area contributed by atoms with Crippen molar-refractivity contribution in [3.63, 3.8) is 0 Å². The lowest BCUT2D eigenvalue weighted by atomic mass is 10.0. The molecule has 1 aromatic heterocycles. The van der Waals surface area contributed by atoms with Crippen LogP contribution in [0.3, 0.4) is 0 Å². The van der Waals surface area contributed by atoms with Gasteiger partial charge in [-0.05, 0) is 18.6 Å². The molecule has 1 atom stereocenters. The van der Waals surface area contributed by atoms with E-state index in [1.165, 1.54) is 0 Å². The van der Waals surface area contributed by atoms with E-state index in [1.807, 2.05) is 12.1 Å². The Morgan fingerprint density at radius 3 is 3.09 bits per heavy atom. The van der Waals surface area contributed by atoms with E-state index in [0.717, 1.165) is 6.54 Å². The van der Waals surface area contributed by atoms with E-state index in [2.05, 4.69) is 26.4 Å². The fourth-order valence-electron chi connectivity index (χ4n) is 2.67. The summed E-state index contributed by atoms with van der Waals surface area (Å²) in [5.74, 6) is 0.593. The largest absolute Gasteiger partial charge is 0.491 e. The van der Waals surface area contributed by atoms with Crippen molar-refractivity contribution in [3.8, 4) is 11.8 Å². The van der Waals surface area contributed by atoms with Crippen molar-refractivity contribution in [1.82, 2.24) is 20.3 Å². The van der Waals surface area contributed by atoms with Crippen LogP contribution >= 0.6 is 0 Å². The number of nitrogens with zero attached hydrogens (tertiary/aromatic N) is 4. The molecule has 0 amide bonds. The molecule has 1 fully saturated rings. The zero-order valence-electron chi connectivity index (χ0n) is 12.1. The number of aromatic nitrogens is 3. The second kappa shape index (κ2) is 6.13. The first-order chi connectivity index (χ1) is 10.7. The molecule has 7 heteroatoms. The summed E-state index contributed by atoms with van der Waals surface area (Å²) < 4.78 is 5.67. The maximum Gasteiger partial charge on any atom is 0.137 e. The zero-order chi connectivity index (χ0) is 15.4. The molecule has 1 aliphatic heterocycles. The molecular formula is C15H17N5O2. The predicted molar refractivity (Wildman–Crippen MR) is 78.0 cm³/mol. The Labute approximate surface area is 128 Å². The van der Waals surface area contributed by atoms with E-state index in [1.54, 1.807) is 18.3 Å². The number of ether oxygens (including phenoxy) is 1. The van der Waals surface area contributed by atoms with Crippen LogP contribution in [0.1, 0.15) is 17.7 Å². The van der Waals surface area contributed by atoms with Gasteiger partial charge in [0.15, 0.2) is 0 Å². The molecule has 2 heterocycles. The minimum absolute atomic E-state index is 0.466. The summed E-state index contributed by atoms with van der Waals surface area (Å²) in [6, 6.07) is 9.28. The van der Waals surface area contributed by atoms with Crippen LogP contribution in [0, 0.1) is 11.3 Å². The molecule has 1 saturated heterocycles. The summed E-state index contributed by atoms with van der Waals surface area (Å²) in [6.07, 6.45) is 2.18. The van der Waals surface area contributed by atoms with Crippen LogP contribution in [0.15, 0.2) is 30.5 Å². The zero-order valence-corrected chi connectivity index (χ0v) is 12.1. The molecule has 2 aromatic rings. The van der Waals surface area contributed by atoms with E-state index in [9.17, 15) is 5.11 Å². The lowest BCUT2D eigenvalue weighted by Gasteiger charge is -2.21. The Morgan fingerprint density at radius 2 is 2.32 bits per heavy atom. The number of likely N-dealkylation sites (tertiary alicyclic amines) is 1. The number of benzene rings is 1. The first-order valence-electron chi connectivity index (χ1n) is 7.14. The molecule has 3 rings (SSSR count). The van der Waals surface area contributed by atoms with Gasteiger partial charge in [-0.2, -0.15) is 20.7 Å². The number of β-amino-alcohol motifs (C(OH)–C–C–N with tert-alkyl or cyclic N) is 1. The predicted octanol–water partition coefficient (Wildman–Crippen LogP) is 0.649. The van der Waals surface area contributed by atoms with Gasteiger partial charge in [-0.25, -0.2) is 0 Å². The summed E-state index contributed by atoms with van der Waals surface area (Å²) in [4.78, 5) is 2.11. The first kappa shape index (κ1) is 14.5. The molecule has 0 aliphatic carbocycles. The smallest absolute Gasteiger partial charge is 0.137 e. The van der Waals surface area contributed by atoms with Crippen LogP contribution in [0.4, 0.5) is 0 Å². The van der Waals surface area contributed by atoms with Gasteiger partial charge in [-0.3, -0.25) is 4.90 Å². The monoisotopic (exact) mass is 299 g/mol. The summed E-state index contributed by atoms with van der Waals surface area (Å²) in [5.41, 5.74) is 0.158. The molecule has 1 unspecified atom stereocenters. The van der Waals surface area contributed by atoms with Gasteiger partial charge in [0.1, 0.15) is 29.7 Å². The van der Waals surface area contributed by atoms with Crippen molar-refractivity contribution in [2.24, 2.45) is 0 Å². The van der Waals surface area contributed by atoms with Crippen LogP contribution in [0.2, 0.25) is 0 Å². The number of rotatable bonds is 5. The standard InChI is InChI=1S/C15H17N5O2/c16-9-12-3-1-2-4-13(12)22-8-7-20-6-5-15(21,11-20)14-10-17-19-18-14/h1-4,10,21H,5-8,11H2,(H,17,18,19). The van der Waals surface area contributed by atoms with Crippen molar-refractivity contribution < 1.29 is 9.84 Å². The van der Waals surface area contributed by atoms with Crippen LogP contribution in [0.5, 0.6) is 5.75 Å². The number of H-pyrrole nitrogens is 1. The highest BCUT2D eigenvalue weighted by Crippen LogP contribution is 2.29. The number of aromatic amines is 1. The quantitative estimate of drug-likeness (QED) is 0.841.